The topological polar surface area (TPSA) is 34.7 Å². The predicted octanol–water partition coefficient (Wildman–Crippen LogP) is 6.18. The molecule has 0 unspecified atom stereocenters. The maximum absolute atomic E-state index is 14.2. The Morgan fingerprint density at radius 1 is 0.964 bits per heavy atom. The molecule has 28 heavy (non-hydrogen) atoms. The van der Waals surface area contributed by atoms with E-state index >= 15 is 0 Å². The maximum Gasteiger partial charge on any atom is 0.148 e. The summed E-state index contributed by atoms with van der Waals surface area (Å²) in [5.74, 6) is 1.03. The number of ether oxygens (including phenoxy) is 1. The van der Waals surface area contributed by atoms with Gasteiger partial charge >= 0.3 is 0 Å². The van der Waals surface area contributed by atoms with Crippen LogP contribution in [-0.4, -0.2) is 6.61 Å². The molecule has 0 radical (unpaired) electrons. The molecule has 0 bridgehead atoms. The van der Waals surface area contributed by atoms with E-state index in [9.17, 15) is 4.39 Å². The maximum atomic E-state index is 14.2. The summed E-state index contributed by atoms with van der Waals surface area (Å²) in [6.45, 7) is 4.53. The lowest BCUT2D eigenvalue weighted by Gasteiger charge is -2.08. The number of hydrogen-bond acceptors (Lipinski definition) is 3. The zero-order valence-electron chi connectivity index (χ0n) is 15.8. The summed E-state index contributed by atoms with van der Waals surface area (Å²) in [5, 5.41) is 1.40. The molecule has 1 aromatic heterocycles. The third-order valence-electron chi connectivity index (χ3n) is 4.46. The van der Waals surface area contributed by atoms with Gasteiger partial charge in [0.2, 0.25) is 0 Å². The van der Waals surface area contributed by atoms with E-state index in [1.54, 1.807) is 18.2 Å². The average Bonchev–Trinajstić information content (AvgIpc) is 2.70. The van der Waals surface area contributed by atoms with Gasteiger partial charge in [-0.1, -0.05) is 42.0 Å². The Balaban J connectivity index is 1.99. The molecule has 1 heterocycles. The third-order valence-corrected chi connectivity index (χ3v) is 4.46. The van der Waals surface area contributed by atoms with Crippen molar-refractivity contribution in [1.82, 2.24) is 0 Å². The molecule has 0 amide bonds. The van der Waals surface area contributed by atoms with E-state index in [4.69, 9.17) is 9.15 Å². The quantitative estimate of drug-likeness (QED) is 0.428. The molecule has 0 N–H and O–H groups in total. The van der Waals surface area contributed by atoms with E-state index in [-0.39, 0.29) is 11.5 Å². The molecule has 0 aliphatic carbocycles. The fraction of sp³-hybridized carbons (Fsp3) is 0.125. The van der Waals surface area contributed by atoms with Gasteiger partial charge in [0.1, 0.15) is 22.9 Å². The normalized spacial score (nSPS) is 11.8. The van der Waals surface area contributed by atoms with E-state index in [0.29, 0.717) is 23.3 Å². The highest BCUT2D eigenvalue weighted by atomic mass is 19.1. The number of aryl methyl sites for hydroxylation is 1. The van der Waals surface area contributed by atoms with Gasteiger partial charge in [-0.05, 0) is 44.2 Å². The van der Waals surface area contributed by atoms with Gasteiger partial charge in [0.25, 0.3) is 0 Å². The predicted molar refractivity (Wildman–Crippen MR) is 109 cm³/mol. The van der Waals surface area contributed by atoms with Gasteiger partial charge in [-0.15, -0.1) is 0 Å². The highest BCUT2D eigenvalue weighted by Gasteiger charge is 2.09. The first-order valence-electron chi connectivity index (χ1n) is 9.21. The van der Waals surface area contributed by atoms with Crippen LogP contribution in [0.3, 0.4) is 0 Å². The molecule has 4 rings (SSSR count). The lowest BCUT2D eigenvalue weighted by molar-refractivity contribution is 0.340. The molecule has 3 nitrogen and oxygen atoms in total. The molecule has 0 saturated carbocycles. The van der Waals surface area contributed by atoms with Crippen LogP contribution < -0.4 is 10.1 Å². The van der Waals surface area contributed by atoms with Crippen molar-refractivity contribution in [2.24, 2.45) is 4.99 Å². The molecule has 4 heteroatoms. The second-order valence-electron chi connectivity index (χ2n) is 6.52. The van der Waals surface area contributed by atoms with Gasteiger partial charge in [-0.2, -0.15) is 0 Å². The van der Waals surface area contributed by atoms with E-state index in [2.05, 4.69) is 4.99 Å². The van der Waals surface area contributed by atoms with Gasteiger partial charge < -0.3 is 9.15 Å². The summed E-state index contributed by atoms with van der Waals surface area (Å²) >= 11 is 0. The van der Waals surface area contributed by atoms with Crippen LogP contribution in [0.5, 0.6) is 5.75 Å². The van der Waals surface area contributed by atoms with Crippen LogP contribution in [0.4, 0.5) is 10.1 Å². The van der Waals surface area contributed by atoms with E-state index in [1.807, 2.05) is 62.4 Å². The van der Waals surface area contributed by atoms with Gasteiger partial charge in [-0.3, -0.25) is 0 Å². The van der Waals surface area contributed by atoms with Gasteiger partial charge in [-0.25, -0.2) is 9.38 Å². The highest BCUT2D eigenvalue weighted by Crippen LogP contribution is 2.26. The molecule has 0 saturated heterocycles. The van der Waals surface area contributed by atoms with Crippen molar-refractivity contribution in [1.29, 1.82) is 0 Å². The monoisotopic (exact) mass is 373 g/mol. The molecule has 0 aliphatic heterocycles. The average molecular weight is 373 g/mol. The van der Waals surface area contributed by atoms with Crippen LogP contribution in [0.1, 0.15) is 12.5 Å². The van der Waals surface area contributed by atoms with Crippen LogP contribution >= 0.6 is 0 Å². The van der Waals surface area contributed by atoms with Crippen LogP contribution in [-0.2, 0) is 0 Å². The van der Waals surface area contributed by atoms with Crippen molar-refractivity contribution in [3.05, 3.63) is 89.5 Å². The van der Waals surface area contributed by atoms with E-state index < -0.39 is 0 Å². The Bertz CT molecular complexity index is 1190. The van der Waals surface area contributed by atoms with Crippen LogP contribution in [0.2, 0.25) is 0 Å². The Morgan fingerprint density at radius 2 is 1.75 bits per heavy atom. The minimum atomic E-state index is -0.366. The summed E-state index contributed by atoms with van der Waals surface area (Å²) in [4.78, 5) is 4.58. The summed E-state index contributed by atoms with van der Waals surface area (Å²) in [6, 6.07) is 22.0. The minimum absolute atomic E-state index is 0.284. The molecule has 0 atom stereocenters. The fourth-order valence-electron chi connectivity index (χ4n) is 3.03. The SMILES string of the molecule is CCOc1ccc2oc(-c3ccc(C)cc3)cc(=Nc3ccccc3F)c2c1. The molecule has 0 fully saturated rings. The standard InChI is InChI=1S/C24H20FNO2/c1-3-27-18-12-13-23-19(14-18)22(26-21-7-5-4-6-20(21)25)15-24(28-23)17-10-8-16(2)9-11-17/h4-15H,3H2,1-2H3. The van der Waals surface area contributed by atoms with Crippen molar-refractivity contribution in [2.75, 3.05) is 6.61 Å². The Kier molecular flexibility index (Phi) is 4.94. The summed E-state index contributed by atoms with van der Waals surface area (Å²) in [5.41, 5.74) is 3.05. The summed E-state index contributed by atoms with van der Waals surface area (Å²) in [7, 11) is 0. The van der Waals surface area contributed by atoms with Crippen LogP contribution in [0.25, 0.3) is 22.3 Å². The van der Waals surface area contributed by atoms with Gasteiger partial charge in [0.05, 0.1) is 17.7 Å². The van der Waals surface area contributed by atoms with E-state index in [1.165, 1.54) is 11.6 Å². The van der Waals surface area contributed by atoms with Gasteiger partial charge in [0.15, 0.2) is 0 Å². The summed E-state index contributed by atoms with van der Waals surface area (Å²) < 4.78 is 25.9. The second-order valence-corrected chi connectivity index (χ2v) is 6.52. The Morgan fingerprint density at radius 3 is 2.50 bits per heavy atom. The zero-order valence-corrected chi connectivity index (χ0v) is 15.8. The molecule has 0 spiro atoms. The number of nitrogens with zero attached hydrogens (tertiary/aromatic N) is 1. The molecule has 0 aliphatic rings. The summed E-state index contributed by atoms with van der Waals surface area (Å²) in [6.07, 6.45) is 0. The number of hydrogen-bond donors (Lipinski definition) is 0. The molecular formula is C24H20FNO2. The number of rotatable bonds is 4. The van der Waals surface area contributed by atoms with Crippen molar-refractivity contribution in [3.8, 4) is 17.1 Å². The first kappa shape index (κ1) is 18.0. The van der Waals surface area contributed by atoms with E-state index in [0.717, 1.165) is 16.7 Å². The smallest absolute Gasteiger partial charge is 0.148 e. The van der Waals surface area contributed by atoms with Crippen molar-refractivity contribution in [3.63, 3.8) is 0 Å². The molecule has 140 valence electrons. The van der Waals surface area contributed by atoms with Crippen molar-refractivity contribution in [2.45, 2.75) is 13.8 Å². The molecule has 3 aromatic carbocycles. The first-order valence-corrected chi connectivity index (χ1v) is 9.21. The van der Waals surface area contributed by atoms with Crippen LogP contribution in [0, 0.1) is 12.7 Å². The largest absolute Gasteiger partial charge is 0.494 e. The van der Waals surface area contributed by atoms with Gasteiger partial charge in [0, 0.05) is 17.0 Å². The zero-order chi connectivity index (χ0) is 19.5. The van der Waals surface area contributed by atoms with Crippen molar-refractivity contribution >= 4 is 16.7 Å². The first-order chi connectivity index (χ1) is 13.6. The fourth-order valence-corrected chi connectivity index (χ4v) is 3.03. The molecule has 4 aromatic rings. The Hall–Kier alpha value is -3.40. The highest BCUT2D eigenvalue weighted by molar-refractivity contribution is 5.80. The van der Waals surface area contributed by atoms with Crippen LogP contribution in [0.15, 0.2) is 82.2 Å². The lowest BCUT2D eigenvalue weighted by Crippen LogP contribution is -2.04. The Labute approximate surface area is 162 Å². The number of fused-ring (bicyclic) bond motifs is 1. The number of halogens is 1. The molecular weight excluding hydrogens is 353 g/mol. The minimum Gasteiger partial charge on any atom is -0.494 e. The number of para-hydroxylation sites is 1. The third kappa shape index (κ3) is 3.67. The second kappa shape index (κ2) is 7.69. The lowest BCUT2D eigenvalue weighted by atomic mass is 10.1. The number of benzene rings is 3. The van der Waals surface area contributed by atoms with Crippen molar-refractivity contribution < 1.29 is 13.5 Å².